The number of amides is 1. The highest BCUT2D eigenvalue weighted by molar-refractivity contribution is 5.99. The second-order valence-corrected chi connectivity index (χ2v) is 6.92. The number of carbonyl (C=O) groups is 1. The van der Waals surface area contributed by atoms with E-state index in [0.717, 1.165) is 25.2 Å². The van der Waals surface area contributed by atoms with E-state index >= 15 is 0 Å². The molecular weight excluding hydrogens is 326 g/mol. The van der Waals surface area contributed by atoms with Gasteiger partial charge in [-0.15, -0.1) is 5.10 Å². The van der Waals surface area contributed by atoms with Gasteiger partial charge in [0, 0.05) is 25.2 Å². The van der Waals surface area contributed by atoms with E-state index in [1.165, 1.54) is 5.56 Å². The molecular formula is C20H19N5O. The molecule has 2 aliphatic heterocycles. The zero-order valence-electron chi connectivity index (χ0n) is 14.2. The number of fused-ring (bicyclic) bond motifs is 3. The van der Waals surface area contributed by atoms with Crippen molar-refractivity contribution in [3.63, 3.8) is 0 Å². The summed E-state index contributed by atoms with van der Waals surface area (Å²) in [4.78, 5) is 15.1. The minimum atomic E-state index is -0.0864. The van der Waals surface area contributed by atoms with Crippen molar-refractivity contribution >= 4 is 5.91 Å². The van der Waals surface area contributed by atoms with Crippen LogP contribution < -0.4 is 5.32 Å². The van der Waals surface area contributed by atoms with E-state index in [-0.39, 0.29) is 18.0 Å². The first-order chi connectivity index (χ1) is 12.8. The number of hydrogen-bond acceptors (Lipinski definition) is 4. The third-order valence-corrected chi connectivity index (χ3v) is 5.20. The maximum atomic E-state index is 12.7. The van der Waals surface area contributed by atoms with Crippen molar-refractivity contribution in [3.05, 3.63) is 71.9 Å². The Morgan fingerprint density at radius 2 is 1.73 bits per heavy atom. The molecule has 5 rings (SSSR count). The molecule has 1 N–H and O–H groups in total. The first-order valence-electron chi connectivity index (χ1n) is 8.87. The smallest absolute Gasteiger partial charge is 0.272 e. The van der Waals surface area contributed by atoms with Gasteiger partial charge >= 0.3 is 0 Å². The lowest BCUT2D eigenvalue weighted by Crippen LogP contribution is -2.47. The van der Waals surface area contributed by atoms with Gasteiger partial charge in [-0.05, 0) is 5.56 Å². The Bertz CT molecular complexity index is 937. The fraction of sp³-hybridized carbons (Fsp3) is 0.250. The summed E-state index contributed by atoms with van der Waals surface area (Å²) < 4.78 is 1.83. The van der Waals surface area contributed by atoms with Gasteiger partial charge in [-0.1, -0.05) is 65.9 Å². The summed E-state index contributed by atoms with van der Waals surface area (Å²) in [5, 5.41) is 11.8. The molecule has 0 bridgehead atoms. The molecule has 1 amide bonds. The van der Waals surface area contributed by atoms with E-state index in [1.54, 1.807) is 0 Å². The Morgan fingerprint density at radius 1 is 1.00 bits per heavy atom. The van der Waals surface area contributed by atoms with Crippen LogP contribution in [0.2, 0.25) is 0 Å². The fourth-order valence-electron chi connectivity index (χ4n) is 3.99. The standard InChI is InChI=1S/C20H19N5O/c26-20-19-18(15-9-5-2-6-10-15)22-23-25(19)17-13-24(12-16(17)21-20)11-14-7-3-1-4-8-14/h1-10,16-17H,11-13H2,(H,21,26)/t16-,17+/m1/s1. The number of nitrogens with one attached hydrogen (secondary N) is 1. The van der Waals surface area contributed by atoms with Crippen LogP contribution >= 0.6 is 0 Å². The second-order valence-electron chi connectivity index (χ2n) is 6.92. The zero-order valence-corrected chi connectivity index (χ0v) is 14.2. The molecule has 1 saturated heterocycles. The van der Waals surface area contributed by atoms with Gasteiger partial charge in [0.05, 0.1) is 12.1 Å². The van der Waals surface area contributed by atoms with Gasteiger partial charge in [0.1, 0.15) is 5.69 Å². The Labute approximate surface area is 151 Å². The third-order valence-electron chi connectivity index (χ3n) is 5.20. The summed E-state index contributed by atoms with van der Waals surface area (Å²) in [5.41, 5.74) is 3.42. The van der Waals surface area contributed by atoms with E-state index in [2.05, 4.69) is 44.8 Å². The van der Waals surface area contributed by atoms with Gasteiger partial charge in [0.25, 0.3) is 5.91 Å². The molecule has 2 aliphatic rings. The van der Waals surface area contributed by atoms with Crippen molar-refractivity contribution in [1.29, 1.82) is 0 Å². The molecule has 0 saturated carbocycles. The quantitative estimate of drug-likeness (QED) is 0.790. The molecule has 3 aromatic rings. The van der Waals surface area contributed by atoms with Crippen LogP contribution in [0.4, 0.5) is 0 Å². The van der Waals surface area contributed by atoms with Crippen molar-refractivity contribution in [3.8, 4) is 11.3 Å². The van der Waals surface area contributed by atoms with Crippen LogP contribution in [0.5, 0.6) is 0 Å². The molecule has 6 nitrogen and oxygen atoms in total. The van der Waals surface area contributed by atoms with Crippen LogP contribution in [0.1, 0.15) is 22.1 Å². The molecule has 26 heavy (non-hydrogen) atoms. The van der Waals surface area contributed by atoms with E-state index in [1.807, 2.05) is 41.1 Å². The second kappa shape index (κ2) is 6.07. The van der Waals surface area contributed by atoms with Crippen LogP contribution in [0.25, 0.3) is 11.3 Å². The van der Waals surface area contributed by atoms with Crippen molar-refractivity contribution in [2.45, 2.75) is 18.6 Å². The lowest BCUT2D eigenvalue weighted by atomic mass is 10.1. The predicted octanol–water partition coefficient (Wildman–Crippen LogP) is 2.11. The van der Waals surface area contributed by atoms with Crippen molar-refractivity contribution in [1.82, 2.24) is 25.2 Å². The third kappa shape index (κ3) is 2.50. The summed E-state index contributed by atoms with van der Waals surface area (Å²) in [5.74, 6) is -0.0864. The first-order valence-corrected chi connectivity index (χ1v) is 8.87. The molecule has 2 aromatic carbocycles. The molecule has 0 unspecified atom stereocenters. The van der Waals surface area contributed by atoms with Gasteiger partial charge < -0.3 is 5.32 Å². The average molecular weight is 345 g/mol. The maximum Gasteiger partial charge on any atom is 0.272 e. The molecule has 6 heteroatoms. The normalized spacial score (nSPS) is 21.9. The highest BCUT2D eigenvalue weighted by atomic mass is 16.2. The van der Waals surface area contributed by atoms with Gasteiger partial charge in [0.15, 0.2) is 5.69 Å². The van der Waals surface area contributed by atoms with Crippen LogP contribution in [0, 0.1) is 0 Å². The highest BCUT2D eigenvalue weighted by Gasteiger charge is 2.42. The summed E-state index contributed by atoms with van der Waals surface area (Å²) in [6, 6.07) is 20.4. The molecule has 0 spiro atoms. The first kappa shape index (κ1) is 15.3. The number of likely N-dealkylation sites (tertiary alicyclic amines) is 1. The minimum absolute atomic E-state index is 0.0732. The van der Waals surface area contributed by atoms with Crippen molar-refractivity contribution in [2.24, 2.45) is 0 Å². The van der Waals surface area contributed by atoms with Gasteiger partial charge in [-0.25, -0.2) is 4.68 Å². The lowest BCUT2D eigenvalue weighted by molar-refractivity contribution is 0.0889. The van der Waals surface area contributed by atoms with Crippen molar-refractivity contribution < 1.29 is 4.79 Å². The lowest BCUT2D eigenvalue weighted by Gasteiger charge is -2.26. The number of nitrogens with zero attached hydrogens (tertiary/aromatic N) is 4. The molecule has 130 valence electrons. The van der Waals surface area contributed by atoms with Gasteiger partial charge in [0.2, 0.25) is 0 Å². The molecule has 1 fully saturated rings. The summed E-state index contributed by atoms with van der Waals surface area (Å²) in [6.07, 6.45) is 0. The molecule has 0 aliphatic carbocycles. The Kier molecular flexibility index (Phi) is 3.57. The van der Waals surface area contributed by atoms with E-state index in [4.69, 9.17) is 0 Å². The number of carbonyl (C=O) groups excluding carboxylic acids is 1. The van der Waals surface area contributed by atoms with Crippen molar-refractivity contribution in [2.75, 3.05) is 13.1 Å². The maximum absolute atomic E-state index is 12.7. The van der Waals surface area contributed by atoms with Crippen LogP contribution in [-0.4, -0.2) is 44.9 Å². The van der Waals surface area contributed by atoms with E-state index < -0.39 is 0 Å². The van der Waals surface area contributed by atoms with E-state index in [9.17, 15) is 4.79 Å². The van der Waals surface area contributed by atoms with Crippen LogP contribution in [0.15, 0.2) is 60.7 Å². The summed E-state index contributed by atoms with van der Waals surface area (Å²) in [7, 11) is 0. The largest absolute Gasteiger partial charge is 0.344 e. The summed E-state index contributed by atoms with van der Waals surface area (Å²) in [6.45, 7) is 2.55. The number of rotatable bonds is 3. The fourth-order valence-corrected chi connectivity index (χ4v) is 3.99. The highest BCUT2D eigenvalue weighted by Crippen LogP contribution is 2.31. The number of aromatic nitrogens is 3. The van der Waals surface area contributed by atoms with Crippen LogP contribution in [0.3, 0.4) is 0 Å². The monoisotopic (exact) mass is 345 g/mol. The number of benzene rings is 2. The SMILES string of the molecule is O=C1N[C@@H]2CN(Cc3ccccc3)C[C@@H]2n2nnc(-c3ccccc3)c21. The zero-order chi connectivity index (χ0) is 17.5. The Balaban J connectivity index is 1.44. The average Bonchev–Trinajstić information content (AvgIpc) is 3.27. The molecule has 1 aromatic heterocycles. The van der Waals surface area contributed by atoms with Gasteiger partial charge in [-0.3, -0.25) is 9.69 Å². The molecule has 2 atom stereocenters. The number of hydrogen-bond donors (Lipinski definition) is 1. The Morgan fingerprint density at radius 3 is 2.50 bits per heavy atom. The molecule has 0 radical (unpaired) electrons. The predicted molar refractivity (Wildman–Crippen MR) is 97.5 cm³/mol. The minimum Gasteiger partial charge on any atom is -0.344 e. The topological polar surface area (TPSA) is 63.1 Å². The Hall–Kier alpha value is -2.99. The molecule has 3 heterocycles. The van der Waals surface area contributed by atoms with Crippen LogP contribution in [-0.2, 0) is 6.54 Å². The van der Waals surface area contributed by atoms with Gasteiger partial charge in [-0.2, -0.15) is 0 Å². The summed E-state index contributed by atoms with van der Waals surface area (Å²) >= 11 is 0. The van der Waals surface area contributed by atoms with E-state index in [0.29, 0.717) is 11.4 Å².